The second-order valence-corrected chi connectivity index (χ2v) is 8.23. The summed E-state index contributed by atoms with van der Waals surface area (Å²) in [6.45, 7) is 0.308. The van der Waals surface area contributed by atoms with Crippen molar-refractivity contribution in [3.05, 3.63) is 170 Å². The van der Waals surface area contributed by atoms with Crippen molar-refractivity contribution in [3.63, 3.8) is 0 Å². The third-order valence-corrected chi connectivity index (χ3v) is 5.40. The molecule has 0 aromatic heterocycles. The molecule has 0 radical (unpaired) electrons. The van der Waals surface area contributed by atoms with E-state index in [0.29, 0.717) is 11.1 Å². The minimum absolute atomic E-state index is 0. The van der Waals surface area contributed by atoms with Crippen LogP contribution in [0.15, 0.2) is 157 Å². The number of hydrogen-bond acceptors (Lipinski definition) is 2. The molecule has 39 heavy (non-hydrogen) atoms. The molecule has 0 bridgehead atoms. The first kappa shape index (κ1) is 31.6. The molecule has 2 aliphatic heterocycles. The van der Waals surface area contributed by atoms with E-state index in [1.54, 1.807) is 24.3 Å². The fraction of sp³-hybridized carbons (Fsp3) is 0.125. The predicted molar refractivity (Wildman–Crippen MR) is 143 cm³/mol. The molecule has 0 saturated heterocycles. The van der Waals surface area contributed by atoms with E-state index in [0.717, 1.165) is 12.8 Å². The molecular formula is C32H28F4O2Ti. The van der Waals surface area contributed by atoms with E-state index in [1.807, 2.05) is 60.7 Å². The van der Waals surface area contributed by atoms with Gasteiger partial charge in [0.2, 0.25) is 0 Å². The van der Waals surface area contributed by atoms with Gasteiger partial charge in [-0.15, -0.1) is 12.2 Å². The molecule has 0 fully saturated rings. The summed E-state index contributed by atoms with van der Waals surface area (Å²) in [6.07, 6.45) is 19.0. The van der Waals surface area contributed by atoms with E-state index in [9.17, 15) is 17.6 Å². The first-order valence-corrected chi connectivity index (χ1v) is 11.9. The van der Waals surface area contributed by atoms with E-state index in [-0.39, 0.29) is 34.9 Å². The maximum atomic E-state index is 14.1. The van der Waals surface area contributed by atoms with E-state index in [4.69, 9.17) is 9.47 Å². The van der Waals surface area contributed by atoms with Gasteiger partial charge in [0.1, 0.15) is 24.6 Å². The number of ether oxygens (including phenoxy) is 2. The summed E-state index contributed by atoms with van der Waals surface area (Å²) in [5.74, 6) is -1.13. The van der Waals surface area contributed by atoms with Crippen molar-refractivity contribution in [2.75, 3.05) is 13.2 Å². The molecule has 2 heterocycles. The standard InChI is InChI=1S/2C11H9F2O.2C5H5.Ti/c2*12-10-4-1-5-11(13,7-10)9-3-2-6-14-8-9;2*1-2-4-5-3-1;/h2*1-7H,8H2;2*1-5H;/q4*-1;+4. The first-order valence-electron chi connectivity index (χ1n) is 11.9. The molecule has 0 spiro atoms. The molecule has 0 N–H and O–H groups in total. The SMILES string of the molecule is FC1=CC=CC(F)(C2=CC=COC2)[CH-]1.FC1=CC=CC(F)(C2=CC=COC2)[CH-]1.[Ti+4].c1cc[cH-]c1.c1cc[cH-]c1. The zero-order valence-electron chi connectivity index (χ0n) is 21.1. The Balaban J connectivity index is 0.000000199. The molecule has 6 rings (SSSR count). The zero-order chi connectivity index (χ0) is 27.1. The van der Waals surface area contributed by atoms with Crippen molar-refractivity contribution in [1.82, 2.24) is 0 Å². The van der Waals surface area contributed by atoms with Gasteiger partial charge in [-0.1, -0.05) is 24.3 Å². The summed E-state index contributed by atoms with van der Waals surface area (Å²) >= 11 is 0. The maximum absolute atomic E-state index is 14.1. The van der Waals surface area contributed by atoms with E-state index < -0.39 is 23.0 Å². The average Bonchev–Trinajstić information content (AvgIpc) is 3.70. The van der Waals surface area contributed by atoms with Gasteiger partial charge in [0.25, 0.3) is 0 Å². The summed E-state index contributed by atoms with van der Waals surface area (Å²) < 4.78 is 63.8. The molecule has 4 aliphatic rings. The van der Waals surface area contributed by atoms with Crippen LogP contribution in [0.2, 0.25) is 0 Å². The minimum atomic E-state index is -1.84. The van der Waals surface area contributed by atoms with Crippen LogP contribution in [0.5, 0.6) is 0 Å². The Labute approximate surface area is 242 Å². The monoisotopic (exact) mass is 568 g/mol. The molecule has 2 aliphatic carbocycles. The topological polar surface area (TPSA) is 18.5 Å². The fourth-order valence-corrected chi connectivity index (χ4v) is 3.47. The van der Waals surface area contributed by atoms with Crippen LogP contribution >= 0.6 is 0 Å². The summed E-state index contributed by atoms with van der Waals surface area (Å²) in [7, 11) is 0. The van der Waals surface area contributed by atoms with Crippen LogP contribution < -0.4 is 0 Å². The van der Waals surface area contributed by atoms with Crippen molar-refractivity contribution in [2.24, 2.45) is 0 Å². The van der Waals surface area contributed by atoms with Gasteiger partial charge in [-0.25, -0.2) is 41.8 Å². The second-order valence-electron chi connectivity index (χ2n) is 8.23. The predicted octanol–water partition coefficient (Wildman–Crippen LogP) is 8.39. The Hall–Kier alpha value is -3.61. The van der Waals surface area contributed by atoms with Gasteiger partial charge < -0.3 is 9.47 Å². The van der Waals surface area contributed by atoms with Gasteiger partial charge in [-0.2, -0.15) is 61.4 Å². The quantitative estimate of drug-likeness (QED) is 0.206. The fourth-order valence-electron chi connectivity index (χ4n) is 3.47. The largest absolute Gasteiger partial charge is 4.00 e. The summed E-state index contributed by atoms with van der Waals surface area (Å²) in [5, 5.41) is 0. The summed E-state index contributed by atoms with van der Waals surface area (Å²) in [6, 6.07) is 20.0. The molecule has 2 nitrogen and oxygen atoms in total. The Kier molecular flexibility index (Phi) is 13.3. The van der Waals surface area contributed by atoms with Crippen molar-refractivity contribution in [3.8, 4) is 0 Å². The van der Waals surface area contributed by atoms with Crippen molar-refractivity contribution >= 4 is 0 Å². The minimum Gasteiger partial charge on any atom is -0.497 e. The van der Waals surface area contributed by atoms with Gasteiger partial charge in [0.05, 0.1) is 12.5 Å². The van der Waals surface area contributed by atoms with Crippen LogP contribution in [0, 0.1) is 12.8 Å². The molecule has 2 aromatic carbocycles. The van der Waals surface area contributed by atoms with Crippen LogP contribution in [0.1, 0.15) is 0 Å². The van der Waals surface area contributed by atoms with Crippen LogP contribution in [0.4, 0.5) is 17.6 Å². The molecule has 2 unspecified atom stereocenters. The van der Waals surface area contributed by atoms with Crippen molar-refractivity contribution in [1.29, 1.82) is 0 Å². The molecule has 2 atom stereocenters. The van der Waals surface area contributed by atoms with Gasteiger partial charge in [0.15, 0.2) is 0 Å². The molecule has 0 amide bonds. The van der Waals surface area contributed by atoms with Crippen molar-refractivity contribution < 1.29 is 48.8 Å². The van der Waals surface area contributed by atoms with E-state index in [2.05, 4.69) is 0 Å². The maximum Gasteiger partial charge on any atom is 4.00 e. The number of alkyl halides is 2. The molecule has 200 valence electrons. The number of rotatable bonds is 2. The summed E-state index contributed by atoms with van der Waals surface area (Å²) in [4.78, 5) is 0. The van der Waals surface area contributed by atoms with Crippen molar-refractivity contribution in [2.45, 2.75) is 11.3 Å². The molecular weight excluding hydrogens is 540 g/mol. The smallest absolute Gasteiger partial charge is 0.497 e. The Morgan fingerprint density at radius 2 is 0.974 bits per heavy atom. The van der Waals surface area contributed by atoms with Crippen LogP contribution in [-0.2, 0) is 31.2 Å². The summed E-state index contributed by atoms with van der Waals surface area (Å²) in [5.41, 5.74) is -2.88. The Bertz CT molecular complexity index is 1090. The zero-order valence-corrected chi connectivity index (χ0v) is 22.7. The first-order chi connectivity index (χ1) is 18.4. The number of halogens is 4. The van der Waals surface area contributed by atoms with Gasteiger partial charge in [-0.05, 0) is 35.0 Å². The van der Waals surface area contributed by atoms with Crippen LogP contribution in [0.25, 0.3) is 0 Å². The third-order valence-electron chi connectivity index (χ3n) is 5.40. The van der Waals surface area contributed by atoms with E-state index >= 15 is 0 Å². The average molecular weight is 568 g/mol. The second kappa shape index (κ2) is 16.4. The normalized spacial score (nSPS) is 23.7. The molecule has 7 heteroatoms. The molecule has 0 saturated carbocycles. The van der Waals surface area contributed by atoms with Gasteiger partial charge in [0, 0.05) is 0 Å². The van der Waals surface area contributed by atoms with Gasteiger partial charge in [-0.3, -0.25) is 0 Å². The number of hydrogen-bond donors (Lipinski definition) is 0. The third kappa shape index (κ3) is 10.6. The van der Waals surface area contributed by atoms with Crippen LogP contribution in [0.3, 0.4) is 0 Å². The van der Waals surface area contributed by atoms with E-state index in [1.165, 1.54) is 49.0 Å². The van der Waals surface area contributed by atoms with Gasteiger partial charge >= 0.3 is 21.7 Å². The Morgan fingerprint density at radius 3 is 1.23 bits per heavy atom. The number of allylic oxidation sites excluding steroid dienone is 12. The molecule has 2 aromatic rings. The van der Waals surface area contributed by atoms with Crippen LogP contribution in [-0.4, -0.2) is 24.6 Å². The Morgan fingerprint density at radius 1 is 0.590 bits per heavy atom.